The van der Waals surface area contributed by atoms with Crippen LogP contribution in [0, 0.1) is 0 Å². The molecule has 1 saturated heterocycles. The molecule has 1 fully saturated rings. The number of aromatic nitrogens is 2. The number of hydrogen-bond acceptors (Lipinski definition) is 10. The van der Waals surface area contributed by atoms with Gasteiger partial charge in [0.1, 0.15) is 17.5 Å². The highest BCUT2D eigenvalue weighted by atomic mass is 31.2. The van der Waals surface area contributed by atoms with Gasteiger partial charge in [-0.15, -0.1) is 5.06 Å². The topological polar surface area (TPSA) is 181 Å². The number of hydrogen-bond donors (Lipinski definition) is 3. The maximum absolute atomic E-state index is 13.7. The Hall–Kier alpha value is -4.36. The molecule has 2 heterocycles. The van der Waals surface area contributed by atoms with E-state index in [2.05, 4.69) is 20.1 Å². The molecule has 3 aromatic rings. The van der Waals surface area contributed by atoms with Crippen LogP contribution in [0.25, 0.3) is 22.6 Å². The molecule has 0 bridgehead atoms. The first-order chi connectivity index (χ1) is 21.6. The van der Waals surface area contributed by atoms with Crippen LogP contribution in [0.3, 0.4) is 0 Å². The summed E-state index contributed by atoms with van der Waals surface area (Å²) in [6, 6.07) is 16.2. The number of carbonyl (C=O) groups excluding carboxylic acids is 2. The van der Waals surface area contributed by atoms with E-state index in [1.54, 1.807) is 43.5 Å². The molecular weight excluding hydrogens is 605 g/mol. The zero-order chi connectivity index (χ0) is 32.4. The van der Waals surface area contributed by atoms with Crippen molar-refractivity contribution in [2.24, 2.45) is 0 Å². The van der Waals surface area contributed by atoms with Gasteiger partial charge in [-0.25, -0.2) is 14.8 Å². The Bertz CT molecular complexity index is 1520. The summed E-state index contributed by atoms with van der Waals surface area (Å²) < 4.78 is 23.5. The van der Waals surface area contributed by atoms with Crippen LogP contribution >= 0.6 is 7.60 Å². The predicted octanol–water partition coefficient (Wildman–Crippen LogP) is 3.67. The predicted molar refractivity (Wildman–Crippen MR) is 164 cm³/mol. The zero-order valence-electron chi connectivity index (χ0n) is 25.0. The van der Waals surface area contributed by atoms with Gasteiger partial charge in [-0.05, 0) is 36.8 Å². The molecule has 45 heavy (non-hydrogen) atoms. The smallest absolute Gasteiger partial charge is 0.497 e. The molecule has 0 aliphatic carbocycles. The molecule has 240 valence electrons. The first kappa shape index (κ1) is 33.5. The molecule has 4 rings (SSSR count). The number of hydroxylamine groups is 2. The van der Waals surface area contributed by atoms with Crippen LogP contribution in [-0.2, 0) is 18.7 Å². The van der Waals surface area contributed by atoms with Gasteiger partial charge in [0.15, 0.2) is 5.82 Å². The van der Waals surface area contributed by atoms with Crippen molar-refractivity contribution in [2.45, 2.75) is 25.8 Å². The number of rotatable bonds is 13. The number of carbonyl (C=O) groups is 3. The fourth-order valence-corrected chi connectivity index (χ4v) is 5.80. The molecule has 2 atom stereocenters. The van der Waals surface area contributed by atoms with Crippen molar-refractivity contribution in [1.29, 1.82) is 0 Å². The van der Waals surface area contributed by atoms with Crippen molar-refractivity contribution >= 4 is 25.6 Å². The van der Waals surface area contributed by atoms with Gasteiger partial charge in [0.2, 0.25) is 5.91 Å². The van der Waals surface area contributed by atoms with Gasteiger partial charge in [0.25, 0.3) is 5.91 Å². The molecular formula is C30H36N5O9P. The summed E-state index contributed by atoms with van der Waals surface area (Å²) in [5.41, 5.74) is 1.71. The highest BCUT2D eigenvalue weighted by molar-refractivity contribution is 7.52. The Balaban J connectivity index is 1.63. The van der Waals surface area contributed by atoms with Gasteiger partial charge in [-0.2, -0.15) is 0 Å². The Kier molecular flexibility index (Phi) is 11.6. The third-order valence-electron chi connectivity index (χ3n) is 6.94. The lowest BCUT2D eigenvalue weighted by atomic mass is 10.1. The SMILES string of the molecule is CCCCOP(=O)(O)C[C@H](NC(=O)c1cc(-c2ccc(OC)cc2)nc(-c2ccccc2)n1)C(=O)N1CCN(OC(=O)O)CC1. The standard InChI is InChI=1S/C30H36N5O9P/c1-3-4-18-43-45(40,41)20-26(29(37)34-14-16-35(17-15-34)44-30(38)39)33-28(36)25-19-24(21-10-12-23(42-2)13-11-21)31-27(32-25)22-8-6-5-7-9-22/h5-13,19,26H,3-4,14-18,20H2,1-2H3,(H,33,36)(H,38,39)(H,40,41)/t26-/m0/s1. The minimum absolute atomic E-state index is 0.0158. The molecule has 1 aliphatic rings. The van der Waals surface area contributed by atoms with Crippen LogP contribution < -0.4 is 10.1 Å². The van der Waals surface area contributed by atoms with E-state index in [1.165, 1.54) is 16.0 Å². The number of nitrogens with zero attached hydrogens (tertiary/aromatic N) is 4. The van der Waals surface area contributed by atoms with Crippen LogP contribution in [-0.4, -0.2) is 100 Å². The molecule has 2 amide bonds. The minimum Gasteiger partial charge on any atom is -0.497 e. The van der Waals surface area contributed by atoms with Crippen LogP contribution in [0.15, 0.2) is 60.7 Å². The minimum atomic E-state index is -4.30. The maximum atomic E-state index is 13.7. The van der Waals surface area contributed by atoms with E-state index in [4.69, 9.17) is 14.4 Å². The van der Waals surface area contributed by atoms with Gasteiger partial charge in [0.05, 0.1) is 38.7 Å². The second-order valence-electron chi connectivity index (χ2n) is 10.2. The number of benzene rings is 2. The van der Waals surface area contributed by atoms with Crippen molar-refractivity contribution in [2.75, 3.05) is 46.1 Å². The molecule has 1 aliphatic heterocycles. The lowest BCUT2D eigenvalue weighted by molar-refractivity contribution is -0.154. The average Bonchev–Trinajstić information content (AvgIpc) is 3.04. The molecule has 15 heteroatoms. The number of amides is 2. The third kappa shape index (κ3) is 9.56. The van der Waals surface area contributed by atoms with E-state index in [0.717, 1.165) is 6.42 Å². The summed E-state index contributed by atoms with van der Waals surface area (Å²) in [6.45, 7) is 2.22. The van der Waals surface area contributed by atoms with Gasteiger partial charge in [-0.3, -0.25) is 14.2 Å². The molecule has 14 nitrogen and oxygen atoms in total. The summed E-state index contributed by atoms with van der Waals surface area (Å²) in [5.74, 6) is -0.480. The monoisotopic (exact) mass is 641 g/mol. The lowest BCUT2D eigenvalue weighted by Gasteiger charge is -2.35. The van der Waals surface area contributed by atoms with Gasteiger partial charge < -0.3 is 34.3 Å². The van der Waals surface area contributed by atoms with Crippen molar-refractivity contribution in [3.63, 3.8) is 0 Å². The average molecular weight is 642 g/mol. The van der Waals surface area contributed by atoms with E-state index in [1.807, 2.05) is 25.1 Å². The number of carboxylic acid groups (broad SMARTS) is 1. The van der Waals surface area contributed by atoms with Crippen molar-refractivity contribution in [3.8, 4) is 28.4 Å². The Labute approximate surface area is 260 Å². The van der Waals surface area contributed by atoms with Crippen LogP contribution in [0.1, 0.15) is 30.3 Å². The van der Waals surface area contributed by atoms with E-state index < -0.39 is 37.8 Å². The first-order valence-electron chi connectivity index (χ1n) is 14.4. The highest BCUT2D eigenvalue weighted by Gasteiger charge is 2.36. The maximum Gasteiger partial charge on any atom is 0.525 e. The molecule has 1 aromatic heterocycles. The quantitative estimate of drug-likeness (QED) is 0.182. The zero-order valence-corrected chi connectivity index (χ0v) is 25.9. The summed E-state index contributed by atoms with van der Waals surface area (Å²) >= 11 is 0. The second-order valence-corrected chi connectivity index (χ2v) is 12.1. The largest absolute Gasteiger partial charge is 0.525 e. The summed E-state index contributed by atoms with van der Waals surface area (Å²) in [4.78, 5) is 64.0. The van der Waals surface area contributed by atoms with Crippen LogP contribution in [0.2, 0.25) is 0 Å². The Morgan fingerprint density at radius 2 is 1.69 bits per heavy atom. The van der Waals surface area contributed by atoms with Gasteiger partial charge in [-0.1, -0.05) is 43.7 Å². The van der Waals surface area contributed by atoms with Crippen molar-refractivity contribution in [1.82, 2.24) is 25.2 Å². The fourth-order valence-electron chi connectivity index (χ4n) is 4.57. The number of methoxy groups -OCH3 is 1. The van der Waals surface area contributed by atoms with E-state index >= 15 is 0 Å². The Morgan fingerprint density at radius 1 is 1.00 bits per heavy atom. The summed E-state index contributed by atoms with van der Waals surface area (Å²) in [7, 11) is -2.75. The molecule has 3 N–H and O–H groups in total. The first-order valence-corrected chi connectivity index (χ1v) is 16.2. The van der Waals surface area contributed by atoms with Crippen molar-refractivity contribution in [3.05, 3.63) is 66.4 Å². The molecule has 0 spiro atoms. The number of ether oxygens (including phenoxy) is 1. The fraction of sp³-hybridized carbons (Fsp3) is 0.367. The number of nitrogens with one attached hydrogen (secondary N) is 1. The van der Waals surface area contributed by atoms with Crippen LogP contribution in [0.5, 0.6) is 5.75 Å². The lowest BCUT2D eigenvalue weighted by Crippen LogP contribution is -2.56. The number of piperazine rings is 1. The van der Waals surface area contributed by atoms with Gasteiger partial charge >= 0.3 is 13.8 Å². The normalized spacial score (nSPS) is 15.5. The second kappa shape index (κ2) is 15.6. The summed E-state index contributed by atoms with van der Waals surface area (Å²) in [6.07, 6.45) is -0.873. The molecule has 2 aromatic carbocycles. The van der Waals surface area contributed by atoms with E-state index in [0.29, 0.717) is 29.0 Å². The summed E-state index contributed by atoms with van der Waals surface area (Å²) in [5, 5.41) is 12.7. The Morgan fingerprint density at radius 3 is 2.31 bits per heavy atom. The number of unbranched alkanes of at least 4 members (excludes halogenated alkanes) is 1. The van der Waals surface area contributed by atoms with Crippen molar-refractivity contribution < 1.29 is 43.0 Å². The molecule has 1 unspecified atom stereocenters. The van der Waals surface area contributed by atoms with Crippen LogP contribution in [0.4, 0.5) is 4.79 Å². The van der Waals surface area contributed by atoms with E-state index in [-0.39, 0.29) is 44.3 Å². The highest BCUT2D eigenvalue weighted by Crippen LogP contribution is 2.43. The van der Waals surface area contributed by atoms with E-state index in [9.17, 15) is 23.8 Å². The van der Waals surface area contributed by atoms with Gasteiger partial charge in [0, 0.05) is 24.2 Å². The molecule has 0 radical (unpaired) electrons. The molecule has 0 saturated carbocycles. The third-order valence-corrected chi connectivity index (χ3v) is 8.35.